The van der Waals surface area contributed by atoms with Crippen LogP contribution in [0.3, 0.4) is 0 Å². The third-order valence-corrected chi connectivity index (χ3v) is 7.36. The minimum Gasteiger partial charge on any atom is -0.493 e. The van der Waals surface area contributed by atoms with Crippen molar-refractivity contribution in [2.24, 2.45) is 10.2 Å². The van der Waals surface area contributed by atoms with Crippen molar-refractivity contribution in [1.29, 1.82) is 0 Å². The number of fused-ring (bicyclic) bond motifs is 1. The lowest BCUT2D eigenvalue weighted by Crippen LogP contribution is -3.14. The van der Waals surface area contributed by atoms with Crippen molar-refractivity contribution < 1.29 is 23.2 Å². The Balaban J connectivity index is 1.30. The van der Waals surface area contributed by atoms with E-state index in [1.165, 1.54) is 17.0 Å². The van der Waals surface area contributed by atoms with E-state index in [0.29, 0.717) is 44.2 Å². The van der Waals surface area contributed by atoms with Crippen LogP contribution in [0.2, 0.25) is 0 Å². The van der Waals surface area contributed by atoms with Gasteiger partial charge in [-0.1, -0.05) is 42.0 Å². The molecule has 1 fully saturated rings. The van der Waals surface area contributed by atoms with Crippen LogP contribution in [0.4, 0.5) is 30.2 Å². The van der Waals surface area contributed by atoms with E-state index < -0.39 is 11.7 Å². The summed E-state index contributed by atoms with van der Waals surface area (Å²) in [5.41, 5.74) is 4.09. The molecule has 7 nitrogen and oxygen atoms in total. The van der Waals surface area contributed by atoms with Crippen molar-refractivity contribution in [2.45, 2.75) is 26.7 Å². The number of aromatic nitrogens is 1. The molecular weight excluding hydrogens is 537 g/mol. The number of aryl methyl sites for hydroxylation is 2. The molecule has 1 aromatic heterocycles. The number of nitrogens with one attached hydrogen (secondary N) is 2. The minimum absolute atomic E-state index is 0.00734. The monoisotopic (exact) mass is 567 g/mol. The number of halogens is 3. The average Bonchev–Trinajstić information content (AvgIpc) is 3.19. The lowest BCUT2D eigenvalue weighted by molar-refractivity contribution is -0.923. The van der Waals surface area contributed by atoms with Crippen LogP contribution in [0.15, 0.2) is 77.0 Å². The number of thiocarbonyl (C=S) groups is 1. The van der Waals surface area contributed by atoms with Gasteiger partial charge in [0.15, 0.2) is 12.4 Å². The second-order valence-corrected chi connectivity index (χ2v) is 10.4. The first-order valence-electron chi connectivity index (χ1n) is 13.0. The highest BCUT2D eigenvalue weighted by atomic mass is 32.1. The van der Waals surface area contributed by atoms with Gasteiger partial charge in [-0.05, 0) is 62.0 Å². The predicted octanol–water partition coefficient (Wildman–Crippen LogP) is 5.83. The van der Waals surface area contributed by atoms with Crippen LogP contribution in [0.1, 0.15) is 16.7 Å². The van der Waals surface area contributed by atoms with Crippen molar-refractivity contribution in [3.05, 3.63) is 83.4 Å². The minimum atomic E-state index is -4.37. The van der Waals surface area contributed by atoms with Crippen molar-refractivity contribution in [3.63, 3.8) is 0 Å². The highest BCUT2D eigenvalue weighted by Crippen LogP contribution is 2.38. The molecule has 0 amide bonds. The second kappa shape index (κ2) is 11.3. The Morgan fingerprint density at radius 3 is 2.50 bits per heavy atom. The van der Waals surface area contributed by atoms with Crippen molar-refractivity contribution in [1.82, 2.24) is 4.57 Å². The maximum atomic E-state index is 13.2. The quantitative estimate of drug-likeness (QED) is 0.210. The van der Waals surface area contributed by atoms with Gasteiger partial charge in [0.2, 0.25) is 11.0 Å². The molecule has 1 aliphatic rings. The third-order valence-electron chi connectivity index (χ3n) is 7.17. The van der Waals surface area contributed by atoms with Gasteiger partial charge >= 0.3 is 6.18 Å². The van der Waals surface area contributed by atoms with Gasteiger partial charge in [0.25, 0.3) is 0 Å². The van der Waals surface area contributed by atoms with E-state index >= 15 is 0 Å². The lowest BCUT2D eigenvalue weighted by atomic mass is 10.1. The molecule has 0 atom stereocenters. The fourth-order valence-corrected chi connectivity index (χ4v) is 5.21. The number of benzene rings is 3. The molecule has 3 N–H and O–H groups in total. The molecule has 1 saturated heterocycles. The molecule has 4 aromatic rings. The Morgan fingerprint density at radius 2 is 1.77 bits per heavy atom. The summed E-state index contributed by atoms with van der Waals surface area (Å²) in [5, 5.41) is 23.7. The Kier molecular flexibility index (Phi) is 7.77. The second-order valence-electron chi connectivity index (χ2n) is 10.0. The maximum Gasteiger partial charge on any atom is 0.416 e. The summed E-state index contributed by atoms with van der Waals surface area (Å²) in [6.45, 7) is 7.07. The number of hydrogen-bond acceptors (Lipinski definition) is 4. The number of piperazine rings is 1. The predicted molar refractivity (Wildman–Crippen MR) is 155 cm³/mol. The van der Waals surface area contributed by atoms with Gasteiger partial charge in [-0.3, -0.25) is 4.57 Å². The number of hydrogen-bond donors (Lipinski definition) is 3. The summed E-state index contributed by atoms with van der Waals surface area (Å²) < 4.78 is 41.3. The zero-order valence-corrected chi connectivity index (χ0v) is 23.0. The molecule has 0 bridgehead atoms. The summed E-state index contributed by atoms with van der Waals surface area (Å²) in [4.78, 5) is 3.16. The van der Waals surface area contributed by atoms with Crippen LogP contribution in [0.5, 0.6) is 5.88 Å². The molecule has 208 valence electrons. The SMILES string of the molecule is Cc1ccc(NC(=S)N=Nc2c(O)n(C[NH+]3CCN(c4cccc(C(F)(F)F)c4)CC3)c3ccccc23)c(C)c1. The molecule has 0 aliphatic carbocycles. The van der Waals surface area contributed by atoms with Gasteiger partial charge in [-0.15, -0.1) is 10.2 Å². The Morgan fingerprint density at radius 1 is 1.02 bits per heavy atom. The number of rotatable bonds is 5. The Hall–Kier alpha value is -3.96. The highest BCUT2D eigenvalue weighted by Gasteiger charge is 2.31. The van der Waals surface area contributed by atoms with Crippen LogP contribution >= 0.6 is 12.2 Å². The van der Waals surface area contributed by atoms with E-state index in [2.05, 4.69) is 15.5 Å². The number of azo groups is 1. The molecule has 40 heavy (non-hydrogen) atoms. The molecule has 0 spiro atoms. The number of quaternary nitrogens is 1. The van der Waals surface area contributed by atoms with Crippen LogP contribution in [-0.4, -0.2) is 41.0 Å². The van der Waals surface area contributed by atoms with E-state index in [-0.39, 0.29) is 11.0 Å². The molecule has 1 aliphatic heterocycles. The standard InChI is InChI=1S/C29H29F3N6OS/c1-19-10-11-24(20(2)16-19)33-28(40)35-34-26-23-8-3-4-9-25(23)38(27(26)39)18-36-12-14-37(15-13-36)22-7-5-6-21(17-22)29(30,31)32/h3-11,16-17,39H,12-15,18H2,1-2H3,(H,33,40)/p+1. The van der Waals surface area contributed by atoms with E-state index in [9.17, 15) is 18.3 Å². The first-order valence-corrected chi connectivity index (χ1v) is 13.4. The zero-order valence-electron chi connectivity index (χ0n) is 22.2. The Bertz CT molecular complexity index is 1570. The summed E-state index contributed by atoms with van der Waals surface area (Å²) in [5.74, 6) is -0.00734. The van der Waals surface area contributed by atoms with E-state index in [4.69, 9.17) is 12.2 Å². The third kappa shape index (κ3) is 5.95. The number of para-hydroxylation sites is 1. The first kappa shape index (κ1) is 27.6. The van der Waals surface area contributed by atoms with Crippen LogP contribution in [0, 0.1) is 13.8 Å². The topological polar surface area (TPSA) is 69.6 Å². The van der Waals surface area contributed by atoms with Gasteiger partial charge in [0, 0.05) is 16.8 Å². The van der Waals surface area contributed by atoms with Gasteiger partial charge < -0.3 is 20.2 Å². The fourth-order valence-electron chi connectivity index (χ4n) is 5.06. The largest absolute Gasteiger partial charge is 0.493 e. The summed E-state index contributed by atoms with van der Waals surface area (Å²) in [6.07, 6.45) is -4.37. The molecule has 2 heterocycles. The molecule has 5 rings (SSSR count). The summed E-state index contributed by atoms with van der Waals surface area (Å²) >= 11 is 5.38. The van der Waals surface area contributed by atoms with E-state index in [1.807, 2.05) is 61.2 Å². The van der Waals surface area contributed by atoms with Gasteiger partial charge in [0.05, 0.1) is 37.3 Å². The number of alkyl halides is 3. The first-order chi connectivity index (χ1) is 19.1. The Labute approximate surface area is 235 Å². The number of nitrogens with zero attached hydrogens (tertiary/aromatic N) is 4. The van der Waals surface area contributed by atoms with Gasteiger partial charge in [-0.25, -0.2) is 0 Å². The molecule has 0 unspecified atom stereocenters. The average molecular weight is 568 g/mol. The van der Waals surface area contributed by atoms with Crippen LogP contribution < -0.4 is 15.1 Å². The summed E-state index contributed by atoms with van der Waals surface area (Å²) in [6, 6.07) is 19.0. The van der Waals surface area contributed by atoms with Crippen molar-refractivity contribution >= 4 is 45.3 Å². The van der Waals surface area contributed by atoms with E-state index in [1.54, 1.807) is 10.6 Å². The van der Waals surface area contributed by atoms with Gasteiger partial charge in [0.1, 0.15) is 0 Å². The zero-order chi connectivity index (χ0) is 28.4. The maximum absolute atomic E-state index is 13.2. The van der Waals surface area contributed by atoms with Gasteiger partial charge in [-0.2, -0.15) is 13.2 Å². The van der Waals surface area contributed by atoms with Crippen molar-refractivity contribution in [2.75, 3.05) is 36.4 Å². The highest BCUT2D eigenvalue weighted by molar-refractivity contribution is 7.80. The molecule has 3 aromatic carbocycles. The number of anilines is 2. The van der Waals surface area contributed by atoms with Crippen molar-refractivity contribution in [3.8, 4) is 5.88 Å². The molecule has 0 saturated carbocycles. The number of aromatic hydroxyl groups is 1. The lowest BCUT2D eigenvalue weighted by Gasteiger charge is -2.34. The summed E-state index contributed by atoms with van der Waals surface area (Å²) in [7, 11) is 0. The molecular formula is C29H30F3N6OS+. The van der Waals surface area contributed by atoms with Crippen LogP contribution in [0.25, 0.3) is 10.9 Å². The normalized spacial score (nSPS) is 14.8. The molecule has 11 heteroatoms. The smallest absolute Gasteiger partial charge is 0.416 e. The molecule has 0 radical (unpaired) electrons. The fraction of sp³-hybridized carbons (Fsp3) is 0.276. The van der Waals surface area contributed by atoms with E-state index in [0.717, 1.165) is 33.8 Å². The van der Waals surface area contributed by atoms with Crippen LogP contribution in [-0.2, 0) is 12.8 Å².